The SMILES string of the molecule is O=C1CCC(N2C(=O)c3cccc(NCc4cnn(C5CCC(CC6CCCCC6)CC5)c4)c3C2=O)C(=O)N1. The molecule has 2 aliphatic heterocycles. The van der Waals surface area contributed by atoms with Gasteiger partial charge in [-0.1, -0.05) is 38.2 Å². The van der Waals surface area contributed by atoms with Crippen LogP contribution >= 0.6 is 0 Å². The highest BCUT2D eigenvalue weighted by molar-refractivity contribution is 6.25. The molecule has 3 heterocycles. The molecule has 2 N–H and O–H groups in total. The topological polar surface area (TPSA) is 113 Å². The van der Waals surface area contributed by atoms with E-state index in [1.807, 2.05) is 6.20 Å². The van der Waals surface area contributed by atoms with Crippen molar-refractivity contribution in [3.63, 3.8) is 0 Å². The predicted octanol–water partition coefficient (Wildman–Crippen LogP) is 4.60. The number of anilines is 1. The Morgan fingerprint density at radius 3 is 2.44 bits per heavy atom. The third kappa shape index (κ3) is 5.23. The monoisotopic (exact) mass is 531 g/mol. The summed E-state index contributed by atoms with van der Waals surface area (Å²) < 4.78 is 2.10. The maximum atomic E-state index is 13.3. The van der Waals surface area contributed by atoms with Crippen LogP contribution in [0.15, 0.2) is 30.6 Å². The molecule has 9 nitrogen and oxygen atoms in total. The molecule has 206 valence electrons. The summed E-state index contributed by atoms with van der Waals surface area (Å²) >= 11 is 0. The van der Waals surface area contributed by atoms with Crippen LogP contribution in [0.5, 0.6) is 0 Å². The molecule has 1 atom stereocenters. The highest BCUT2D eigenvalue weighted by atomic mass is 16.2. The normalized spacial score (nSPS) is 26.1. The minimum Gasteiger partial charge on any atom is -0.380 e. The summed E-state index contributed by atoms with van der Waals surface area (Å²) in [5, 5.41) is 10.2. The molecule has 2 aromatic rings. The molecule has 0 bridgehead atoms. The first-order valence-electron chi connectivity index (χ1n) is 14.6. The standard InChI is InChI=1S/C30H37N5O4/c36-26-14-13-25(28(37)33-26)35-29(38)23-7-4-8-24(27(23)30(35)39)31-16-21-17-32-34(18-21)22-11-9-20(10-12-22)15-19-5-2-1-3-6-19/h4,7-8,17-20,22,25,31H,1-3,5-6,9-16H2,(H,33,36,37). The number of aromatic nitrogens is 2. The van der Waals surface area contributed by atoms with Crippen LogP contribution in [0, 0.1) is 11.8 Å². The summed E-state index contributed by atoms with van der Waals surface area (Å²) in [5.41, 5.74) is 2.11. The molecule has 3 fully saturated rings. The van der Waals surface area contributed by atoms with Gasteiger partial charge < -0.3 is 5.32 Å². The van der Waals surface area contributed by atoms with Gasteiger partial charge >= 0.3 is 0 Å². The molecule has 1 saturated heterocycles. The average Bonchev–Trinajstić information content (AvgIpc) is 3.52. The lowest BCUT2D eigenvalue weighted by atomic mass is 9.76. The molecule has 0 radical (unpaired) electrons. The number of benzene rings is 1. The van der Waals surface area contributed by atoms with Gasteiger partial charge in [0.25, 0.3) is 11.8 Å². The van der Waals surface area contributed by atoms with Crippen LogP contribution < -0.4 is 10.6 Å². The smallest absolute Gasteiger partial charge is 0.264 e. The molecule has 0 spiro atoms. The Labute approximate surface area is 228 Å². The van der Waals surface area contributed by atoms with Crippen LogP contribution in [0.2, 0.25) is 0 Å². The second kappa shape index (κ2) is 10.9. The number of imide groups is 2. The van der Waals surface area contributed by atoms with E-state index in [0.717, 1.165) is 22.3 Å². The first-order chi connectivity index (χ1) is 19.0. The maximum absolute atomic E-state index is 13.3. The van der Waals surface area contributed by atoms with Crippen LogP contribution in [0.25, 0.3) is 0 Å². The van der Waals surface area contributed by atoms with E-state index < -0.39 is 23.8 Å². The Morgan fingerprint density at radius 2 is 1.67 bits per heavy atom. The number of nitrogens with zero attached hydrogens (tertiary/aromatic N) is 3. The fourth-order valence-corrected chi connectivity index (χ4v) is 7.07. The van der Waals surface area contributed by atoms with E-state index in [1.54, 1.807) is 18.2 Å². The maximum Gasteiger partial charge on any atom is 0.264 e. The molecule has 1 aromatic heterocycles. The summed E-state index contributed by atoms with van der Waals surface area (Å²) in [7, 11) is 0. The quantitative estimate of drug-likeness (QED) is 0.505. The predicted molar refractivity (Wildman–Crippen MR) is 145 cm³/mol. The Balaban J connectivity index is 1.07. The van der Waals surface area contributed by atoms with Crippen molar-refractivity contribution in [2.75, 3.05) is 5.32 Å². The van der Waals surface area contributed by atoms with E-state index in [0.29, 0.717) is 18.3 Å². The van der Waals surface area contributed by atoms with Crippen molar-refractivity contribution in [1.82, 2.24) is 20.0 Å². The van der Waals surface area contributed by atoms with Crippen LogP contribution in [0.1, 0.15) is 109 Å². The van der Waals surface area contributed by atoms with E-state index in [4.69, 9.17) is 0 Å². The number of hydrogen-bond acceptors (Lipinski definition) is 6. The Kier molecular flexibility index (Phi) is 7.23. The zero-order valence-corrected chi connectivity index (χ0v) is 22.4. The summed E-state index contributed by atoms with van der Waals surface area (Å²) in [6.45, 7) is 0.466. The van der Waals surface area contributed by atoms with E-state index in [9.17, 15) is 19.2 Å². The molecular formula is C30H37N5O4. The molecule has 4 aliphatic rings. The van der Waals surface area contributed by atoms with E-state index in [1.165, 1.54) is 64.2 Å². The second-order valence-corrected chi connectivity index (χ2v) is 11.8. The minimum absolute atomic E-state index is 0.0983. The number of amides is 4. The van der Waals surface area contributed by atoms with Gasteiger partial charge in [0.2, 0.25) is 11.8 Å². The zero-order valence-electron chi connectivity index (χ0n) is 22.4. The van der Waals surface area contributed by atoms with Gasteiger partial charge in [-0.3, -0.25) is 34.1 Å². The molecule has 39 heavy (non-hydrogen) atoms. The van der Waals surface area contributed by atoms with Crippen molar-refractivity contribution < 1.29 is 19.2 Å². The Bertz CT molecular complexity index is 1270. The lowest BCUT2D eigenvalue weighted by Crippen LogP contribution is -2.54. The van der Waals surface area contributed by atoms with Gasteiger partial charge in [0, 0.05) is 30.4 Å². The van der Waals surface area contributed by atoms with E-state index >= 15 is 0 Å². The molecule has 2 saturated carbocycles. The lowest BCUT2D eigenvalue weighted by Gasteiger charge is -2.32. The molecule has 2 aliphatic carbocycles. The third-order valence-corrected chi connectivity index (χ3v) is 9.19. The molecule has 1 unspecified atom stereocenters. The number of nitrogens with one attached hydrogen (secondary N) is 2. The van der Waals surface area contributed by atoms with Gasteiger partial charge in [-0.15, -0.1) is 0 Å². The number of rotatable bonds is 7. The largest absolute Gasteiger partial charge is 0.380 e. The Hall–Kier alpha value is -3.49. The number of piperidine rings is 1. The number of hydrogen-bond donors (Lipinski definition) is 2. The lowest BCUT2D eigenvalue weighted by molar-refractivity contribution is -0.136. The van der Waals surface area contributed by atoms with Crippen LogP contribution in [-0.4, -0.2) is 44.4 Å². The van der Waals surface area contributed by atoms with Gasteiger partial charge in [0.15, 0.2) is 0 Å². The number of carbonyl (C=O) groups excluding carboxylic acids is 4. The highest BCUT2D eigenvalue weighted by Crippen LogP contribution is 2.38. The highest BCUT2D eigenvalue weighted by Gasteiger charge is 2.45. The summed E-state index contributed by atoms with van der Waals surface area (Å²) in [6, 6.07) is 4.57. The van der Waals surface area contributed by atoms with Gasteiger partial charge in [0.05, 0.1) is 23.4 Å². The van der Waals surface area contributed by atoms with Crippen molar-refractivity contribution in [3.05, 3.63) is 47.3 Å². The fraction of sp³-hybridized carbons (Fsp3) is 0.567. The van der Waals surface area contributed by atoms with Crippen LogP contribution in [0.4, 0.5) is 5.69 Å². The summed E-state index contributed by atoms with van der Waals surface area (Å²) in [6.07, 6.45) is 17.6. The minimum atomic E-state index is -0.973. The molecule has 4 amide bonds. The van der Waals surface area contributed by atoms with Crippen molar-refractivity contribution >= 4 is 29.3 Å². The second-order valence-electron chi connectivity index (χ2n) is 11.8. The average molecular weight is 532 g/mol. The fourth-order valence-electron chi connectivity index (χ4n) is 7.07. The summed E-state index contributed by atoms with van der Waals surface area (Å²) in [5.74, 6) is -0.191. The van der Waals surface area contributed by atoms with Gasteiger partial charge in [-0.2, -0.15) is 5.10 Å². The van der Waals surface area contributed by atoms with Gasteiger partial charge in [-0.05, 0) is 62.5 Å². The van der Waals surface area contributed by atoms with Crippen molar-refractivity contribution in [1.29, 1.82) is 0 Å². The Morgan fingerprint density at radius 1 is 0.897 bits per heavy atom. The van der Waals surface area contributed by atoms with Crippen molar-refractivity contribution in [3.8, 4) is 0 Å². The molecule has 9 heteroatoms. The molecule has 1 aromatic carbocycles. The van der Waals surface area contributed by atoms with E-state index in [2.05, 4.69) is 26.6 Å². The number of carbonyl (C=O) groups is 4. The molecule has 6 rings (SSSR count). The van der Waals surface area contributed by atoms with Crippen LogP contribution in [0.3, 0.4) is 0 Å². The zero-order chi connectivity index (χ0) is 26.9. The van der Waals surface area contributed by atoms with Gasteiger partial charge in [0.1, 0.15) is 6.04 Å². The number of fused-ring (bicyclic) bond motifs is 1. The van der Waals surface area contributed by atoms with Crippen LogP contribution in [-0.2, 0) is 16.1 Å². The third-order valence-electron chi connectivity index (χ3n) is 9.19. The first-order valence-corrected chi connectivity index (χ1v) is 14.6. The first kappa shape index (κ1) is 25.8. The van der Waals surface area contributed by atoms with Crippen molar-refractivity contribution in [2.24, 2.45) is 11.8 Å². The van der Waals surface area contributed by atoms with E-state index in [-0.39, 0.29) is 29.9 Å². The molecular weight excluding hydrogens is 494 g/mol. The van der Waals surface area contributed by atoms with Crippen molar-refractivity contribution in [2.45, 2.75) is 95.7 Å². The summed E-state index contributed by atoms with van der Waals surface area (Å²) in [4.78, 5) is 51.3. The van der Waals surface area contributed by atoms with Gasteiger partial charge in [-0.25, -0.2) is 0 Å².